The molecule has 0 radical (unpaired) electrons. The summed E-state index contributed by atoms with van der Waals surface area (Å²) in [5, 5.41) is 10.1. The van der Waals surface area contributed by atoms with Crippen LogP contribution in [0.25, 0.3) is 0 Å². The van der Waals surface area contributed by atoms with Gasteiger partial charge in [-0.25, -0.2) is 22.3 Å². The van der Waals surface area contributed by atoms with Gasteiger partial charge in [-0.05, 0) is 24.6 Å². The number of hydrogen-bond acceptors (Lipinski definition) is 4. The summed E-state index contributed by atoms with van der Waals surface area (Å²) >= 11 is 0. The Hall–Kier alpha value is -1.58. The summed E-state index contributed by atoms with van der Waals surface area (Å²) in [5.74, 6) is -3.44. The predicted octanol–water partition coefficient (Wildman–Crippen LogP) is 0.508. The van der Waals surface area contributed by atoms with Gasteiger partial charge in [0.05, 0.1) is 23.5 Å². The van der Waals surface area contributed by atoms with Gasteiger partial charge >= 0.3 is 0 Å². The molecule has 1 aliphatic heterocycles. The van der Waals surface area contributed by atoms with Gasteiger partial charge < -0.3 is 5.32 Å². The highest BCUT2D eigenvalue weighted by Gasteiger charge is 2.42. The number of nitrogens with two attached hydrogens (primary N) is 1. The Bertz CT molecular complexity index is 679. The summed E-state index contributed by atoms with van der Waals surface area (Å²) < 4.78 is 48.8. The van der Waals surface area contributed by atoms with Gasteiger partial charge in [0.25, 0.3) is 5.92 Å². The zero-order valence-electron chi connectivity index (χ0n) is 11.8. The summed E-state index contributed by atoms with van der Waals surface area (Å²) in [5.41, 5.74) is 0.518. The first kappa shape index (κ1) is 16.8. The molecular weight excluding hydrogens is 316 g/mol. The second kappa shape index (κ2) is 5.90. The zero-order valence-corrected chi connectivity index (χ0v) is 12.7. The van der Waals surface area contributed by atoms with Gasteiger partial charge in [-0.3, -0.25) is 10.1 Å². The SMILES string of the molecule is CC(NC(=O)C1CC(F)(F)CN1)c1cccc(S(N)(=O)=O)c1. The molecular formula is C13H17F2N3O3S. The number of hydrogen-bond donors (Lipinski definition) is 3. The van der Waals surface area contributed by atoms with Crippen LogP contribution < -0.4 is 15.8 Å². The molecule has 1 heterocycles. The molecule has 22 heavy (non-hydrogen) atoms. The van der Waals surface area contributed by atoms with E-state index in [-0.39, 0.29) is 4.90 Å². The van der Waals surface area contributed by atoms with E-state index in [0.717, 1.165) is 0 Å². The van der Waals surface area contributed by atoms with Gasteiger partial charge in [-0.2, -0.15) is 0 Å². The Morgan fingerprint density at radius 1 is 1.50 bits per heavy atom. The lowest BCUT2D eigenvalue weighted by Gasteiger charge is -2.18. The molecule has 4 N–H and O–H groups in total. The van der Waals surface area contributed by atoms with Crippen LogP contribution in [-0.2, 0) is 14.8 Å². The lowest BCUT2D eigenvalue weighted by atomic mass is 10.1. The zero-order chi connectivity index (χ0) is 16.5. The van der Waals surface area contributed by atoms with E-state index in [4.69, 9.17) is 5.14 Å². The Morgan fingerprint density at radius 2 is 2.18 bits per heavy atom. The summed E-state index contributed by atoms with van der Waals surface area (Å²) in [4.78, 5) is 11.9. The van der Waals surface area contributed by atoms with E-state index in [2.05, 4.69) is 10.6 Å². The summed E-state index contributed by atoms with van der Waals surface area (Å²) in [6.07, 6.45) is -0.553. The number of sulfonamides is 1. The van der Waals surface area contributed by atoms with Gasteiger partial charge in [0, 0.05) is 6.42 Å². The van der Waals surface area contributed by atoms with Crippen LogP contribution in [0.5, 0.6) is 0 Å². The van der Waals surface area contributed by atoms with Gasteiger partial charge in [0.15, 0.2) is 0 Å². The van der Waals surface area contributed by atoms with Crippen molar-refractivity contribution in [1.29, 1.82) is 0 Å². The quantitative estimate of drug-likeness (QED) is 0.747. The highest BCUT2D eigenvalue weighted by atomic mass is 32.2. The van der Waals surface area contributed by atoms with E-state index >= 15 is 0 Å². The Morgan fingerprint density at radius 3 is 2.73 bits per heavy atom. The molecule has 0 bridgehead atoms. The topological polar surface area (TPSA) is 101 Å². The number of nitrogens with one attached hydrogen (secondary N) is 2. The number of alkyl halides is 2. The Labute approximate surface area is 127 Å². The van der Waals surface area contributed by atoms with Crippen molar-refractivity contribution in [3.63, 3.8) is 0 Å². The van der Waals surface area contributed by atoms with Crippen molar-refractivity contribution in [3.8, 4) is 0 Å². The van der Waals surface area contributed by atoms with Crippen LogP contribution in [0.4, 0.5) is 8.78 Å². The molecule has 0 aromatic heterocycles. The van der Waals surface area contributed by atoms with Crippen LogP contribution in [0.3, 0.4) is 0 Å². The van der Waals surface area contributed by atoms with E-state index < -0.39 is 46.9 Å². The normalized spacial score (nSPS) is 22.3. The van der Waals surface area contributed by atoms with Crippen molar-refractivity contribution >= 4 is 15.9 Å². The molecule has 2 atom stereocenters. The number of halogens is 2. The molecule has 6 nitrogen and oxygen atoms in total. The summed E-state index contributed by atoms with van der Waals surface area (Å²) in [6.45, 7) is 1.10. The molecule has 9 heteroatoms. The Balaban J connectivity index is 2.06. The summed E-state index contributed by atoms with van der Waals surface area (Å²) in [6, 6.07) is 4.31. The van der Waals surface area contributed by atoms with Crippen molar-refractivity contribution in [2.45, 2.75) is 36.2 Å². The molecule has 1 aromatic carbocycles. The van der Waals surface area contributed by atoms with Crippen LogP contribution in [0.1, 0.15) is 24.9 Å². The maximum atomic E-state index is 13.1. The minimum absolute atomic E-state index is 0.0726. The molecule has 0 spiro atoms. The number of carbonyl (C=O) groups excluding carboxylic acids is 1. The lowest BCUT2D eigenvalue weighted by Crippen LogP contribution is -2.41. The molecule has 1 fully saturated rings. The molecule has 0 saturated carbocycles. The molecule has 0 aliphatic carbocycles. The van der Waals surface area contributed by atoms with Crippen LogP contribution in [0.15, 0.2) is 29.2 Å². The van der Waals surface area contributed by atoms with E-state index in [9.17, 15) is 22.0 Å². The maximum absolute atomic E-state index is 13.1. The third-order valence-electron chi connectivity index (χ3n) is 3.47. The first-order valence-corrected chi connectivity index (χ1v) is 8.17. The van der Waals surface area contributed by atoms with E-state index in [1.807, 2.05) is 0 Å². The highest BCUT2D eigenvalue weighted by molar-refractivity contribution is 7.89. The highest BCUT2D eigenvalue weighted by Crippen LogP contribution is 2.25. The average molecular weight is 333 g/mol. The van der Waals surface area contributed by atoms with Crippen LogP contribution >= 0.6 is 0 Å². The van der Waals surface area contributed by atoms with E-state index in [1.54, 1.807) is 13.0 Å². The molecule has 2 rings (SSSR count). The molecule has 1 aromatic rings. The number of benzene rings is 1. The van der Waals surface area contributed by atoms with E-state index in [1.165, 1.54) is 18.2 Å². The van der Waals surface area contributed by atoms with E-state index in [0.29, 0.717) is 5.56 Å². The second-order valence-electron chi connectivity index (χ2n) is 5.34. The van der Waals surface area contributed by atoms with Crippen molar-refractivity contribution in [2.75, 3.05) is 6.54 Å². The van der Waals surface area contributed by atoms with Crippen LogP contribution in [0, 0.1) is 0 Å². The monoisotopic (exact) mass is 333 g/mol. The molecule has 1 aliphatic rings. The van der Waals surface area contributed by atoms with Crippen LogP contribution in [0.2, 0.25) is 0 Å². The van der Waals surface area contributed by atoms with Gasteiger partial charge in [-0.1, -0.05) is 12.1 Å². The van der Waals surface area contributed by atoms with Gasteiger partial charge in [-0.15, -0.1) is 0 Å². The third kappa shape index (κ3) is 3.99. The summed E-state index contributed by atoms with van der Waals surface area (Å²) in [7, 11) is -3.84. The lowest BCUT2D eigenvalue weighted by molar-refractivity contribution is -0.124. The molecule has 2 unspecified atom stereocenters. The first-order valence-electron chi connectivity index (χ1n) is 6.63. The first-order chi connectivity index (χ1) is 10.1. The van der Waals surface area contributed by atoms with Crippen molar-refractivity contribution in [3.05, 3.63) is 29.8 Å². The second-order valence-corrected chi connectivity index (χ2v) is 6.90. The number of amides is 1. The van der Waals surface area contributed by atoms with Crippen molar-refractivity contribution in [1.82, 2.24) is 10.6 Å². The third-order valence-corrected chi connectivity index (χ3v) is 4.38. The Kier molecular flexibility index (Phi) is 4.50. The largest absolute Gasteiger partial charge is 0.348 e. The fourth-order valence-corrected chi connectivity index (χ4v) is 2.83. The average Bonchev–Trinajstić information content (AvgIpc) is 2.78. The fraction of sp³-hybridized carbons (Fsp3) is 0.462. The smallest absolute Gasteiger partial charge is 0.262 e. The number of carbonyl (C=O) groups is 1. The molecule has 122 valence electrons. The van der Waals surface area contributed by atoms with Gasteiger partial charge in [0.2, 0.25) is 15.9 Å². The van der Waals surface area contributed by atoms with Crippen molar-refractivity contribution < 1.29 is 22.0 Å². The standard InChI is InChI=1S/C13H17F2N3O3S/c1-8(9-3-2-4-10(5-9)22(16,20)21)18-12(19)11-6-13(14,15)7-17-11/h2-5,8,11,17H,6-7H2,1H3,(H,18,19)(H2,16,20,21). The molecule has 1 saturated heterocycles. The number of primary sulfonamides is 1. The maximum Gasteiger partial charge on any atom is 0.262 e. The molecule has 1 amide bonds. The number of rotatable bonds is 4. The van der Waals surface area contributed by atoms with Gasteiger partial charge in [0.1, 0.15) is 0 Å². The van der Waals surface area contributed by atoms with Crippen LogP contribution in [-0.4, -0.2) is 32.8 Å². The predicted molar refractivity (Wildman–Crippen MR) is 75.7 cm³/mol. The van der Waals surface area contributed by atoms with Crippen molar-refractivity contribution in [2.24, 2.45) is 5.14 Å². The minimum atomic E-state index is -3.84. The minimum Gasteiger partial charge on any atom is -0.348 e. The fourth-order valence-electron chi connectivity index (χ4n) is 2.26.